The van der Waals surface area contributed by atoms with Crippen LogP contribution in [0, 0.1) is 5.82 Å². The second-order valence-electron chi connectivity index (χ2n) is 4.51. The summed E-state index contributed by atoms with van der Waals surface area (Å²) in [6, 6.07) is 9.04. The van der Waals surface area contributed by atoms with Gasteiger partial charge in [0.15, 0.2) is 6.61 Å². The molecule has 0 saturated heterocycles. The summed E-state index contributed by atoms with van der Waals surface area (Å²) in [5.74, 6) is -0.941. The maximum Gasteiger partial charge on any atom is 0.422 e. The van der Waals surface area contributed by atoms with Crippen LogP contribution in [0.5, 0.6) is 5.75 Å². The van der Waals surface area contributed by atoms with Crippen molar-refractivity contribution in [1.29, 1.82) is 0 Å². The first kappa shape index (κ1) is 17.3. The van der Waals surface area contributed by atoms with Crippen molar-refractivity contribution < 1.29 is 27.1 Å². The van der Waals surface area contributed by atoms with Gasteiger partial charge in [0.25, 0.3) is 5.91 Å². The lowest BCUT2D eigenvalue weighted by Crippen LogP contribution is -2.19. The van der Waals surface area contributed by atoms with Gasteiger partial charge in [-0.3, -0.25) is 4.79 Å². The first-order valence-corrected chi connectivity index (χ1v) is 7.10. The number of alkyl halides is 3. The summed E-state index contributed by atoms with van der Waals surface area (Å²) in [4.78, 5) is 12.0. The summed E-state index contributed by atoms with van der Waals surface area (Å²) in [7, 11) is 0. The molecule has 0 bridgehead atoms. The molecule has 1 amide bonds. The van der Waals surface area contributed by atoms with Gasteiger partial charge >= 0.3 is 6.18 Å². The molecule has 2 aromatic rings. The van der Waals surface area contributed by atoms with E-state index >= 15 is 0 Å². The molecule has 0 unspecified atom stereocenters. The van der Waals surface area contributed by atoms with Gasteiger partial charge in [0.1, 0.15) is 11.6 Å². The molecule has 0 atom stereocenters. The molecule has 0 aromatic heterocycles. The zero-order chi connectivity index (χ0) is 17.0. The summed E-state index contributed by atoms with van der Waals surface area (Å²) >= 11 is 3.08. The summed E-state index contributed by atoms with van der Waals surface area (Å²) < 4.78 is 53.9. The van der Waals surface area contributed by atoms with Crippen LogP contribution < -0.4 is 10.1 Å². The van der Waals surface area contributed by atoms with E-state index in [1.807, 2.05) is 0 Å². The van der Waals surface area contributed by atoms with Gasteiger partial charge in [-0.1, -0.05) is 0 Å². The first-order valence-electron chi connectivity index (χ1n) is 6.30. The molecule has 0 aliphatic rings. The Morgan fingerprint density at radius 1 is 1.13 bits per heavy atom. The predicted molar refractivity (Wildman–Crippen MR) is 80.0 cm³/mol. The Morgan fingerprint density at radius 2 is 1.78 bits per heavy atom. The fraction of sp³-hybridized carbons (Fsp3) is 0.133. The predicted octanol–water partition coefficient (Wildman–Crippen LogP) is 4.78. The number of amides is 1. The van der Waals surface area contributed by atoms with Gasteiger partial charge in [-0.15, -0.1) is 0 Å². The molecule has 0 spiro atoms. The Kier molecular flexibility index (Phi) is 5.25. The molecular weight excluding hydrogens is 382 g/mol. The number of carbonyl (C=O) groups is 1. The second kappa shape index (κ2) is 6.99. The summed E-state index contributed by atoms with van der Waals surface area (Å²) in [6.07, 6.45) is -4.41. The van der Waals surface area contributed by atoms with Gasteiger partial charge in [-0.05, 0) is 58.4 Å². The van der Waals surface area contributed by atoms with Crippen LogP contribution in [0.3, 0.4) is 0 Å². The number of benzene rings is 2. The number of hydrogen-bond donors (Lipinski definition) is 1. The molecule has 0 aliphatic heterocycles. The highest BCUT2D eigenvalue weighted by Crippen LogP contribution is 2.22. The highest BCUT2D eigenvalue weighted by atomic mass is 79.9. The monoisotopic (exact) mass is 391 g/mol. The number of rotatable bonds is 4. The average molecular weight is 392 g/mol. The third-order valence-electron chi connectivity index (χ3n) is 2.69. The van der Waals surface area contributed by atoms with Crippen molar-refractivity contribution in [2.75, 3.05) is 11.9 Å². The van der Waals surface area contributed by atoms with Gasteiger partial charge in [-0.25, -0.2) is 4.39 Å². The van der Waals surface area contributed by atoms with Crippen molar-refractivity contribution in [2.24, 2.45) is 0 Å². The van der Waals surface area contributed by atoms with Gasteiger partial charge in [0.2, 0.25) is 0 Å². The molecule has 1 N–H and O–H groups in total. The van der Waals surface area contributed by atoms with E-state index in [2.05, 4.69) is 26.0 Å². The van der Waals surface area contributed by atoms with Crippen LogP contribution in [0.4, 0.5) is 23.2 Å². The molecule has 0 fully saturated rings. The third-order valence-corrected chi connectivity index (χ3v) is 3.35. The van der Waals surface area contributed by atoms with E-state index in [-0.39, 0.29) is 11.3 Å². The maximum atomic E-state index is 13.0. The lowest BCUT2D eigenvalue weighted by molar-refractivity contribution is -0.153. The average Bonchev–Trinajstić information content (AvgIpc) is 2.45. The second-order valence-corrected chi connectivity index (χ2v) is 5.36. The molecule has 0 heterocycles. The molecule has 122 valence electrons. The standard InChI is InChI=1S/C15H10BrF4NO2/c16-13-7-9(17)1-6-12(13)14(22)21-10-2-4-11(5-3-10)23-8-15(18,19)20/h1-7H,8H2,(H,21,22). The number of hydrogen-bond acceptors (Lipinski definition) is 2. The minimum atomic E-state index is -4.41. The molecule has 3 nitrogen and oxygen atoms in total. The fourth-order valence-electron chi connectivity index (χ4n) is 1.67. The molecule has 0 aliphatic carbocycles. The fourth-order valence-corrected chi connectivity index (χ4v) is 2.20. The van der Waals surface area contributed by atoms with Crippen LogP contribution in [0.1, 0.15) is 10.4 Å². The molecule has 23 heavy (non-hydrogen) atoms. The summed E-state index contributed by atoms with van der Waals surface area (Å²) in [5.41, 5.74) is 0.592. The van der Waals surface area contributed by atoms with Gasteiger partial charge < -0.3 is 10.1 Å². The van der Waals surface area contributed by atoms with E-state index in [4.69, 9.17) is 0 Å². The Balaban J connectivity index is 2.01. The molecular formula is C15H10BrF4NO2. The zero-order valence-electron chi connectivity index (χ0n) is 11.5. The summed E-state index contributed by atoms with van der Waals surface area (Å²) in [6.45, 7) is -1.39. The number of ether oxygens (including phenoxy) is 1. The zero-order valence-corrected chi connectivity index (χ0v) is 13.0. The van der Waals surface area contributed by atoms with Gasteiger partial charge in [0.05, 0.1) is 5.56 Å². The van der Waals surface area contributed by atoms with E-state index in [0.29, 0.717) is 10.2 Å². The Hall–Kier alpha value is -2.09. The molecule has 2 rings (SSSR count). The van der Waals surface area contributed by atoms with Crippen LogP contribution in [0.15, 0.2) is 46.9 Å². The SMILES string of the molecule is O=C(Nc1ccc(OCC(F)(F)F)cc1)c1ccc(F)cc1Br. The van der Waals surface area contributed by atoms with E-state index < -0.39 is 24.5 Å². The normalized spacial score (nSPS) is 11.2. The number of halogens is 5. The Labute approximate surface area is 137 Å². The highest BCUT2D eigenvalue weighted by molar-refractivity contribution is 9.10. The number of carbonyl (C=O) groups excluding carboxylic acids is 1. The van der Waals surface area contributed by atoms with E-state index in [9.17, 15) is 22.4 Å². The molecule has 2 aromatic carbocycles. The Morgan fingerprint density at radius 3 is 2.35 bits per heavy atom. The highest BCUT2D eigenvalue weighted by Gasteiger charge is 2.28. The Bertz CT molecular complexity index is 702. The van der Waals surface area contributed by atoms with E-state index in [1.54, 1.807) is 0 Å². The summed E-state index contributed by atoms with van der Waals surface area (Å²) in [5, 5.41) is 2.55. The molecule has 0 saturated carbocycles. The van der Waals surface area contributed by atoms with Crippen LogP contribution in [-0.2, 0) is 0 Å². The molecule has 8 heteroatoms. The maximum absolute atomic E-state index is 13.0. The van der Waals surface area contributed by atoms with Crippen molar-refractivity contribution >= 4 is 27.5 Å². The van der Waals surface area contributed by atoms with Crippen LogP contribution in [0.25, 0.3) is 0 Å². The third kappa shape index (κ3) is 5.24. The quantitative estimate of drug-likeness (QED) is 0.761. The van der Waals surface area contributed by atoms with Crippen molar-refractivity contribution in [3.05, 3.63) is 58.3 Å². The molecule has 0 radical (unpaired) electrons. The van der Waals surface area contributed by atoms with Crippen LogP contribution >= 0.6 is 15.9 Å². The lowest BCUT2D eigenvalue weighted by atomic mass is 10.2. The van der Waals surface area contributed by atoms with Crippen molar-refractivity contribution in [3.8, 4) is 5.75 Å². The van der Waals surface area contributed by atoms with Crippen molar-refractivity contribution in [1.82, 2.24) is 0 Å². The lowest BCUT2D eigenvalue weighted by Gasteiger charge is -2.10. The van der Waals surface area contributed by atoms with Crippen molar-refractivity contribution in [3.63, 3.8) is 0 Å². The van der Waals surface area contributed by atoms with Crippen molar-refractivity contribution in [2.45, 2.75) is 6.18 Å². The minimum Gasteiger partial charge on any atom is -0.484 e. The van der Waals surface area contributed by atoms with Crippen LogP contribution in [-0.4, -0.2) is 18.7 Å². The largest absolute Gasteiger partial charge is 0.484 e. The number of anilines is 1. The minimum absolute atomic E-state index is 0.0308. The van der Waals surface area contributed by atoms with E-state index in [0.717, 1.165) is 12.1 Å². The smallest absolute Gasteiger partial charge is 0.422 e. The van der Waals surface area contributed by atoms with Gasteiger partial charge in [0, 0.05) is 10.2 Å². The van der Waals surface area contributed by atoms with E-state index in [1.165, 1.54) is 30.3 Å². The number of nitrogens with one attached hydrogen (secondary N) is 1. The van der Waals surface area contributed by atoms with Gasteiger partial charge in [-0.2, -0.15) is 13.2 Å². The first-order chi connectivity index (χ1) is 10.7. The topological polar surface area (TPSA) is 38.3 Å². The van der Waals surface area contributed by atoms with Crippen LogP contribution in [0.2, 0.25) is 0 Å².